The van der Waals surface area contributed by atoms with E-state index in [0.29, 0.717) is 23.9 Å². The topological polar surface area (TPSA) is 45.2 Å². The van der Waals surface area contributed by atoms with Crippen molar-refractivity contribution in [2.75, 3.05) is 18.0 Å². The van der Waals surface area contributed by atoms with Crippen molar-refractivity contribution in [1.29, 1.82) is 0 Å². The Bertz CT molecular complexity index is 464. The largest absolute Gasteiger partial charge is 0.352 e. The van der Waals surface area contributed by atoms with Gasteiger partial charge in [0.15, 0.2) is 0 Å². The van der Waals surface area contributed by atoms with Gasteiger partial charge in [0, 0.05) is 23.8 Å². The first-order valence-corrected chi connectivity index (χ1v) is 6.47. The molecule has 1 aliphatic rings. The van der Waals surface area contributed by atoms with E-state index >= 15 is 0 Å². The fraction of sp³-hybridized carbons (Fsp3) is 0.455. The summed E-state index contributed by atoms with van der Waals surface area (Å²) in [6.45, 7) is 5.03. The Morgan fingerprint density at radius 1 is 1.59 bits per heavy atom. The summed E-state index contributed by atoms with van der Waals surface area (Å²) in [5.74, 6) is 0.638. The van der Waals surface area contributed by atoms with Gasteiger partial charge in [-0.25, -0.2) is 4.98 Å². The van der Waals surface area contributed by atoms with E-state index in [9.17, 15) is 4.79 Å². The van der Waals surface area contributed by atoms with E-state index in [2.05, 4.69) is 26.2 Å². The number of amides is 1. The lowest BCUT2D eigenvalue weighted by Gasteiger charge is -2.42. The molecule has 1 fully saturated rings. The van der Waals surface area contributed by atoms with Gasteiger partial charge in [-0.2, -0.15) is 0 Å². The number of piperazine rings is 1. The Balaban J connectivity index is 2.41. The molecule has 1 aliphatic heterocycles. The molecular weight excluding hydrogens is 305 g/mol. The average Bonchev–Trinajstić information content (AvgIpc) is 2.23. The minimum atomic E-state index is -0.636. The molecule has 2 heterocycles. The summed E-state index contributed by atoms with van der Waals surface area (Å²) in [6.07, 6.45) is 1.68. The highest BCUT2D eigenvalue weighted by molar-refractivity contribution is 9.10. The zero-order chi connectivity index (χ0) is 12.6. The number of anilines is 1. The van der Waals surface area contributed by atoms with Crippen LogP contribution in [0.4, 0.5) is 5.82 Å². The van der Waals surface area contributed by atoms with Crippen molar-refractivity contribution >= 4 is 39.3 Å². The van der Waals surface area contributed by atoms with E-state index in [0.717, 1.165) is 4.47 Å². The molecule has 0 bridgehead atoms. The smallest absolute Gasteiger partial charge is 0.245 e. The van der Waals surface area contributed by atoms with E-state index in [4.69, 9.17) is 11.6 Å². The fourth-order valence-electron chi connectivity index (χ4n) is 1.88. The van der Waals surface area contributed by atoms with Gasteiger partial charge >= 0.3 is 0 Å². The molecule has 1 N–H and O–H groups in total. The maximum atomic E-state index is 11.8. The lowest BCUT2D eigenvalue weighted by Crippen LogP contribution is -2.62. The van der Waals surface area contributed by atoms with Crippen LogP contribution < -0.4 is 10.2 Å². The van der Waals surface area contributed by atoms with Gasteiger partial charge in [0.2, 0.25) is 5.91 Å². The molecule has 0 aliphatic carbocycles. The Morgan fingerprint density at radius 2 is 2.29 bits per heavy atom. The highest BCUT2D eigenvalue weighted by Gasteiger charge is 2.39. The summed E-state index contributed by atoms with van der Waals surface area (Å²) >= 11 is 9.49. The van der Waals surface area contributed by atoms with Crippen LogP contribution in [0, 0.1) is 0 Å². The summed E-state index contributed by atoms with van der Waals surface area (Å²) in [5.41, 5.74) is -0.636. The van der Waals surface area contributed by atoms with Crippen molar-refractivity contribution in [2.24, 2.45) is 0 Å². The third-order valence-electron chi connectivity index (χ3n) is 2.90. The summed E-state index contributed by atoms with van der Waals surface area (Å²) in [6, 6.07) is 1.78. The maximum Gasteiger partial charge on any atom is 0.245 e. The van der Waals surface area contributed by atoms with E-state index in [-0.39, 0.29) is 5.91 Å². The Kier molecular flexibility index (Phi) is 3.32. The lowest BCUT2D eigenvalue weighted by atomic mass is 9.99. The van der Waals surface area contributed by atoms with Crippen LogP contribution in [-0.2, 0) is 4.79 Å². The molecule has 4 nitrogen and oxygen atoms in total. The Hall–Kier alpha value is -0.810. The van der Waals surface area contributed by atoms with Crippen LogP contribution in [0.5, 0.6) is 0 Å². The number of hydrogen-bond acceptors (Lipinski definition) is 3. The SMILES string of the molecule is CC1(C)C(=O)NCCN1c1ncc(Br)cc1Cl. The third-order valence-corrected chi connectivity index (χ3v) is 3.61. The van der Waals surface area contributed by atoms with E-state index < -0.39 is 5.54 Å². The molecule has 0 radical (unpaired) electrons. The van der Waals surface area contributed by atoms with Crippen molar-refractivity contribution in [3.05, 3.63) is 21.8 Å². The maximum absolute atomic E-state index is 11.8. The number of aromatic nitrogens is 1. The molecule has 0 spiro atoms. The van der Waals surface area contributed by atoms with Crippen LogP contribution in [0.1, 0.15) is 13.8 Å². The van der Waals surface area contributed by atoms with Crippen LogP contribution in [-0.4, -0.2) is 29.5 Å². The molecule has 1 saturated heterocycles. The van der Waals surface area contributed by atoms with Crippen molar-refractivity contribution < 1.29 is 4.79 Å². The Morgan fingerprint density at radius 3 is 2.94 bits per heavy atom. The summed E-state index contributed by atoms with van der Waals surface area (Å²) < 4.78 is 0.825. The van der Waals surface area contributed by atoms with Gasteiger partial charge in [0.1, 0.15) is 11.4 Å². The second-order valence-corrected chi connectivity index (χ2v) is 5.75. The summed E-state index contributed by atoms with van der Waals surface area (Å²) in [5, 5.41) is 3.39. The molecule has 1 amide bonds. The van der Waals surface area contributed by atoms with Gasteiger partial charge in [-0.3, -0.25) is 4.79 Å². The van der Waals surface area contributed by atoms with E-state index in [1.165, 1.54) is 0 Å². The van der Waals surface area contributed by atoms with Crippen LogP contribution in [0.15, 0.2) is 16.7 Å². The number of carbonyl (C=O) groups excluding carboxylic acids is 1. The first kappa shape index (κ1) is 12.6. The molecule has 92 valence electrons. The molecule has 1 aromatic heterocycles. The molecule has 6 heteroatoms. The molecule has 0 saturated carbocycles. The number of carbonyl (C=O) groups is 1. The zero-order valence-corrected chi connectivity index (χ0v) is 12.0. The standard InChI is InChI=1S/C11H13BrClN3O/c1-11(2)10(17)14-3-4-16(11)9-8(13)5-7(12)6-15-9/h5-6H,3-4H2,1-2H3,(H,14,17). The van der Waals surface area contributed by atoms with Crippen molar-refractivity contribution in [2.45, 2.75) is 19.4 Å². The average molecular weight is 319 g/mol. The molecule has 0 atom stereocenters. The van der Waals surface area contributed by atoms with Gasteiger partial charge in [-0.05, 0) is 35.8 Å². The number of nitrogens with one attached hydrogen (secondary N) is 1. The highest BCUT2D eigenvalue weighted by Crippen LogP contribution is 2.31. The minimum absolute atomic E-state index is 0.00969. The van der Waals surface area contributed by atoms with Gasteiger partial charge in [-0.15, -0.1) is 0 Å². The molecule has 0 unspecified atom stereocenters. The number of pyridine rings is 1. The van der Waals surface area contributed by atoms with Gasteiger partial charge < -0.3 is 10.2 Å². The first-order valence-electron chi connectivity index (χ1n) is 5.30. The molecular formula is C11H13BrClN3O. The summed E-state index contributed by atoms with van der Waals surface area (Å²) in [4.78, 5) is 18.1. The second kappa shape index (κ2) is 4.46. The van der Waals surface area contributed by atoms with Crippen LogP contribution >= 0.6 is 27.5 Å². The van der Waals surface area contributed by atoms with E-state index in [1.807, 2.05) is 18.7 Å². The molecule has 2 rings (SSSR count). The number of rotatable bonds is 1. The van der Waals surface area contributed by atoms with Crippen molar-refractivity contribution in [3.63, 3.8) is 0 Å². The van der Waals surface area contributed by atoms with Gasteiger partial charge in [0.05, 0.1) is 5.02 Å². The number of hydrogen-bond donors (Lipinski definition) is 1. The molecule has 17 heavy (non-hydrogen) atoms. The van der Waals surface area contributed by atoms with Crippen molar-refractivity contribution in [1.82, 2.24) is 10.3 Å². The second-order valence-electron chi connectivity index (χ2n) is 4.43. The van der Waals surface area contributed by atoms with E-state index in [1.54, 1.807) is 12.3 Å². The molecule has 1 aromatic rings. The third kappa shape index (κ3) is 2.26. The van der Waals surface area contributed by atoms with Gasteiger partial charge in [-0.1, -0.05) is 11.6 Å². The molecule has 0 aromatic carbocycles. The van der Waals surface area contributed by atoms with Crippen LogP contribution in [0.2, 0.25) is 5.02 Å². The quantitative estimate of drug-likeness (QED) is 0.863. The number of nitrogens with zero attached hydrogens (tertiary/aromatic N) is 2. The summed E-state index contributed by atoms with van der Waals surface area (Å²) in [7, 11) is 0. The highest BCUT2D eigenvalue weighted by atomic mass is 79.9. The van der Waals surface area contributed by atoms with Crippen LogP contribution in [0.25, 0.3) is 0 Å². The first-order chi connectivity index (χ1) is 7.93. The normalized spacial score (nSPS) is 19.1. The zero-order valence-electron chi connectivity index (χ0n) is 9.63. The predicted molar refractivity (Wildman–Crippen MR) is 71.4 cm³/mol. The lowest BCUT2D eigenvalue weighted by molar-refractivity contribution is -0.126. The number of halogens is 2. The minimum Gasteiger partial charge on any atom is -0.352 e. The van der Waals surface area contributed by atoms with Crippen LogP contribution in [0.3, 0.4) is 0 Å². The Labute approximate surface area is 113 Å². The van der Waals surface area contributed by atoms with Crippen molar-refractivity contribution in [3.8, 4) is 0 Å². The monoisotopic (exact) mass is 317 g/mol. The fourth-order valence-corrected chi connectivity index (χ4v) is 2.61. The predicted octanol–water partition coefficient (Wildman–Crippen LogP) is 2.21. The van der Waals surface area contributed by atoms with Gasteiger partial charge in [0.25, 0.3) is 0 Å².